The number of furan rings is 1. The highest BCUT2D eigenvalue weighted by atomic mass is 16.3. The highest BCUT2D eigenvalue weighted by Gasteiger charge is 2.13. The van der Waals surface area contributed by atoms with E-state index in [-0.39, 0.29) is 0 Å². The number of aromatic nitrogens is 2. The average molecular weight is 233 g/mol. The van der Waals surface area contributed by atoms with Gasteiger partial charge in [0.1, 0.15) is 0 Å². The second-order valence-corrected chi connectivity index (χ2v) is 4.08. The van der Waals surface area contributed by atoms with Crippen molar-refractivity contribution in [3.8, 4) is 0 Å². The minimum absolute atomic E-state index is 0.299. The van der Waals surface area contributed by atoms with Crippen LogP contribution in [0, 0.1) is 0 Å². The molecule has 0 bridgehead atoms. The van der Waals surface area contributed by atoms with Crippen LogP contribution in [-0.4, -0.2) is 16.3 Å². The number of aryl methyl sites for hydroxylation is 1. The summed E-state index contributed by atoms with van der Waals surface area (Å²) in [4.78, 5) is 0. The van der Waals surface area contributed by atoms with E-state index in [1.54, 1.807) is 12.5 Å². The van der Waals surface area contributed by atoms with E-state index in [0.29, 0.717) is 6.04 Å². The molecule has 2 heterocycles. The lowest BCUT2D eigenvalue weighted by atomic mass is 10.0. The zero-order valence-corrected chi connectivity index (χ0v) is 10.4. The number of nitrogens with zero attached hydrogens (tertiary/aromatic N) is 2. The highest BCUT2D eigenvalue weighted by molar-refractivity contribution is 5.16. The summed E-state index contributed by atoms with van der Waals surface area (Å²) in [5, 5.41) is 7.76. The molecule has 0 aliphatic carbocycles. The van der Waals surface area contributed by atoms with E-state index < -0.39 is 0 Å². The van der Waals surface area contributed by atoms with Crippen LogP contribution in [0.25, 0.3) is 0 Å². The van der Waals surface area contributed by atoms with E-state index in [1.807, 2.05) is 16.9 Å². The summed E-state index contributed by atoms with van der Waals surface area (Å²) in [7, 11) is 0. The number of hydrogen-bond donors (Lipinski definition) is 1. The molecule has 92 valence electrons. The lowest BCUT2D eigenvalue weighted by Gasteiger charge is -2.15. The van der Waals surface area contributed by atoms with Crippen LogP contribution in [0.5, 0.6) is 0 Å². The van der Waals surface area contributed by atoms with Crippen LogP contribution in [0.1, 0.15) is 31.0 Å². The van der Waals surface area contributed by atoms with Crippen LogP contribution in [0.15, 0.2) is 35.4 Å². The molecular formula is C13H19N3O. The molecule has 4 heteroatoms. The van der Waals surface area contributed by atoms with E-state index in [9.17, 15) is 0 Å². The normalized spacial score (nSPS) is 12.8. The van der Waals surface area contributed by atoms with Crippen LogP contribution in [0.2, 0.25) is 0 Å². The summed E-state index contributed by atoms with van der Waals surface area (Å²) in [5.74, 6) is 0. The monoisotopic (exact) mass is 233 g/mol. The quantitative estimate of drug-likeness (QED) is 0.833. The summed E-state index contributed by atoms with van der Waals surface area (Å²) in [6.07, 6.45) is 8.50. The molecule has 1 atom stereocenters. The lowest BCUT2D eigenvalue weighted by molar-refractivity contribution is 0.524. The number of likely N-dealkylation sites (N-methyl/N-ethyl adjacent to an activating group) is 1. The predicted octanol–water partition coefficient (Wildman–Crippen LogP) is 2.39. The van der Waals surface area contributed by atoms with E-state index in [1.165, 1.54) is 11.1 Å². The molecule has 0 aromatic carbocycles. The molecule has 2 aromatic heterocycles. The Morgan fingerprint density at radius 3 is 2.94 bits per heavy atom. The van der Waals surface area contributed by atoms with Gasteiger partial charge in [-0.2, -0.15) is 5.10 Å². The topological polar surface area (TPSA) is 43.0 Å². The molecule has 0 saturated carbocycles. The van der Waals surface area contributed by atoms with Crippen LogP contribution >= 0.6 is 0 Å². The first-order chi connectivity index (χ1) is 8.33. The molecule has 4 nitrogen and oxygen atoms in total. The molecule has 0 aliphatic rings. The molecule has 0 amide bonds. The second kappa shape index (κ2) is 5.68. The molecule has 2 rings (SSSR count). The number of rotatable bonds is 6. The van der Waals surface area contributed by atoms with Gasteiger partial charge in [0.05, 0.1) is 18.7 Å². The van der Waals surface area contributed by atoms with Crippen LogP contribution < -0.4 is 5.32 Å². The Bertz CT molecular complexity index is 433. The van der Waals surface area contributed by atoms with Crippen molar-refractivity contribution < 1.29 is 4.42 Å². The van der Waals surface area contributed by atoms with Crippen molar-refractivity contribution in [1.29, 1.82) is 0 Å². The van der Waals surface area contributed by atoms with E-state index >= 15 is 0 Å². The maximum atomic E-state index is 5.15. The second-order valence-electron chi connectivity index (χ2n) is 4.08. The Labute approximate surface area is 102 Å². The van der Waals surface area contributed by atoms with Crippen molar-refractivity contribution >= 4 is 0 Å². The van der Waals surface area contributed by atoms with Gasteiger partial charge in [0, 0.05) is 24.3 Å². The fraction of sp³-hybridized carbons (Fsp3) is 0.462. The first-order valence-electron chi connectivity index (χ1n) is 6.10. The summed E-state index contributed by atoms with van der Waals surface area (Å²) in [5.41, 5.74) is 2.44. The van der Waals surface area contributed by atoms with Gasteiger partial charge >= 0.3 is 0 Å². The van der Waals surface area contributed by atoms with Crippen molar-refractivity contribution in [2.24, 2.45) is 0 Å². The van der Waals surface area contributed by atoms with Crippen molar-refractivity contribution in [1.82, 2.24) is 15.1 Å². The fourth-order valence-corrected chi connectivity index (χ4v) is 1.95. The van der Waals surface area contributed by atoms with Gasteiger partial charge in [0.15, 0.2) is 0 Å². The minimum atomic E-state index is 0.299. The SMILES string of the molecule is CCNC(Cc1cnn(CC)c1)c1ccoc1. The van der Waals surface area contributed by atoms with E-state index in [0.717, 1.165) is 19.5 Å². The molecule has 0 aliphatic heterocycles. The maximum absolute atomic E-state index is 5.15. The zero-order chi connectivity index (χ0) is 12.1. The Morgan fingerprint density at radius 2 is 2.35 bits per heavy atom. The van der Waals surface area contributed by atoms with E-state index in [4.69, 9.17) is 4.42 Å². The van der Waals surface area contributed by atoms with Gasteiger partial charge in [-0.1, -0.05) is 6.92 Å². The molecule has 1 unspecified atom stereocenters. The lowest BCUT2D eigenvalue weighted by Crippen LogP contribution is -2.22. The first-order valence-corrected chi connectivity index (χ1v) is 6.10. The Kier molecular flexibility index (Phi) is 3.98. The molecule has 1 N–H and O–H groups in total. The highest BCUT2D eigenvalue weighted by Crippen LogP contribution is 2.18. The van der Waals surface area contributed by atoms with E-state index in [2.05, 4.69) is 30.5 Å². The Hall–Kier alpha value is -1.55. The number of hydrogen-bond acceptors (Lipinski definition) is 3. The summed E-state index contributed by atoms with van der Waals surface area (Å²) < 4.78 is 7.10. The van der Waals surface area contributed by atoms with Gasteiger partial charge in [-0.05, 0) is 31.5 Å². The Balaban J connectivity index is 2.07. The van der Waals surface area contributed by atoms with Crippen LogP contribution in [0.4, 0.5) is 0 Å². The Morgan fingerprint density at radius 1 is 1.47 bits per heavy atom. The third-order valence-corrected chi connectivity index (χ3v) is 2.85. The third kappa shape index (κ3) is 2.97. The van der Waals surface area contributed by atoms with Crippen LogP contribution in [0.3, 0.4) is 0 Å². The molecule has 0 spiro atoms. The molecule has 0 saturated heterocycles. The van der Waals surface area contributed by atoms with Gasteiger partial charge in [-0.15, -0.1) is 0 Å². The first kappa shape index (κ1) is 11.9. The standard InChI is InChI=1S/C13H19N3O/c1-3-14-13(12-5-6-17-10-12)7-11-8-15-16(4-2)9-11/h5-6,8-10,13-14H,3-4,7H2,1-2H3. The fourth-order valence-electron chi connectivity index (χ4n) is 1.95. The summed E-state index contributed by atoms with van der Waals surface area (Å²) in [6, 6.07) is 2.31. The molecule has 2 aromatic rings. The zero-order valence-electron chi connectivity index (χ0n) is 10.4. The van der Waals surface area contributed by atoms with Crippen molar-refractivity contribution in [2.75, 3.05) is 6.54 Å². The summed E-state index contributed by atoms with van der Waals surface area (Å²) in [6.45, 7) is 6.06. The van der Waals surface area contributed by atoms with Gasteiger partial charge in [0.25, 0.3) is 0 Å². The molecular weight excluding hydrogens is 214 g/mol. The molecule has 0 radical (unpaired) electrons. The van der Waals surface area contributed by atoms with Gasteiger partial charge in [-0.3, -0.25) is 4.68 Å². The van der Waals surface area contributed by atoms with Crippen LogP contribution in [-0.2, 0) is 13.0 Å². The largest absolute Gasteiger partial charge is 0.472 e. The maximum Gasteiger partial charge on any atom is 0.0950 e. The predicted molar refractivity (Wildman–Crippen MR) is 66.7 cm³/mol. The third-order valence-electron chi connectivity index (χ3n) is 2.85. The molecule has 0 fully saturated rings. The average Bonchev–Trinajstić information content (AvgIpc) is 2.99. The van der Waals surface area contributed by atoms with Gasteiger partial charge in [0.2, 0.25) is 0 Å². The minimum Gasteiger partial charge on any atom is -0.472 e. The molecule has 17 heavy (non-hydrogen) atoms. The van der Waals surface area contributed by atoms with Crippen molar-refractivity contribution in [2.45, 2.75) is 32.9 Å². The summed E-state index contributed by atoms with van der Waals surface area (Å²) >= 11 is 0. The van der Waals surface area contributed by atoms with Crippen molar-refractivity contribution in [3.63, 3.8) is 0 Å². The van der Waals surface area contributed by atoms with Gasteiger partial charge < -0.3 is 9.73 Å². The van der Waals surface area contributed by atoms with Gasteiger partial charge in [-0.25, -0.2) is 0 Å². The van der Waals surface area contributed by atoms with Crippen molar-refractivity contribution in [3.05, 3.63) is 42.1 Å². The number of nitrogens with one attached hydrogen (secondary N) is 1. The smallest absolute Gasteiger partial charge is 0.0950 e.